The average molecular weight is 314 g/mol. The van der Waals surface area contributed by atoms with Gasteiger partial charge in [0.15, 0.2) is 17.5 Å². The van der Waals surface area contributed by atoms with Crippen LogP contribution in [0.15, 0.2) is 12.1 Å². The lowest BCUT2D eigenvalue weighted by Gasteiger charge is -2.07. The van der Waals surface area contributed by atoms with E-state index in [4.69, 9.17) is 0 Å². The number of rotatable bonds is 6. The maximum absolute atomic E-state index is 13.5. The minimum atomic E-state index is -1.64. The summed E-state index contributed by atoms with van der Waals surface area (Å²) in [6.07, 6.45) is 2.18. The summed E-state index contributed by atoms with van der Waals surface area (Å²) in [6.45, 7) is 2.55. The molecular weight excluding hydrogens is 297 g/mol. The average Bonchev–Trinajstić information content (AvgIpc) is 3.28. The van der Waals surface area contributed by atoms with Crippen LogP contribution < -0.4 is 10.6 Å². The monoisotopic (exact) mass is 314 g/mol. The van der Waals surface area contributed by atoms with E-state index in [-0.39, 0.29) is 5.91 Å². The second-order valence-electron chi connectivity index (χ2n) is 5.31. The van der Waals surface area contributed by atoms with Gasteiger partial charge < -0.3 is 10.6 Å². The third-order valence-corrected chi connectivity index (χ3v) is 3.59. The second kappa shape index (κ2) is 6.81. The van der Waals surface area contributed by atoms with E-state index in [1.54, 1.807) is 0 Å². The number of halogens is 3. The Kier molecular flexibility index (Phi) is 5.05. The lowest BCUT2D eigenvalue weighted by molar-refractivity contribution is -0.125. The van der Waals surface area contributed by atoms with E-state index in [1.165, 1.54) is 0 Å². The molecule has 0 saturated heterocycles. The van der Waals surface area contributed by atoms with Crippen LogP contribution in [0.2, 0.25) is 0 Å². The van der Waals surface area contributed by atoms with Crippen molar-refractivity contribution in [2.75, 3.05) is 11.9 Å². The van der Waals surface area contributed by atoms with E-state index in [2.05, 4.69) is 10.6 Å². The molecule has 0 bridgehead atoms. The molecule has 2 N–H and O–H groups in total. The molecule has 1 aliphatic rings. The van der Waals surface area contributed by atoms with E-state index in [1.807, 2.05) is 6.92 Å². The number of hydrogen-bond acceptors (Lipinski definition) is 2. The predicted octanol–water partition coefficient (Wildman–Crippen LogP) is 2.59. The molecule has 1 saturated carbocycles. The number of anilines is 1. The van der Waals surface area contributed by atoms with Crippen LogP contribution in [0, 0.1) is 29.3 Å². The summed E-state index contributed by atoms with van der Waals surface area (Å²) < 4.78 is 39.3. The molecular formula is C15H17F3N2O2. The van der Waals surface area contributed by atoms with Crippen LogP contribution >= 0.6 is 0 Å². The van der Waals surface area contributed by atoms with Gasteiger partial charge in [-0.2, -0.15) is 0 Å². The van der Waals surface area contributed by atoms with Crippen LogP contribution in [0.3, 0.4) is 0 Å². The summed E-state index contributed by atoms with van der Waals surface area (Å²) in [5, 5.41) is 4.91. The Bertz CT molecular complexity index is 592. The number of unbranched alkanes of at least 4 members (excludes halogenated alkanes) is 1. The quantitative estimate of drug-likeness (QED) is 0.626. The zero-order valence-corrected chi connectivity index (χ0v) is 12.1. The van der Waals surface area contributed by atoms with Crippen molar-refractivity contribution >= 4 is 17.5 Å². The van der Waals surface area contributed by atoms with Crippen LogP contribution in [0.25, 0.3) is 0 Å². The molecule has 120 valence electrons. The van der Waals surface area contributed by atoms with E-state index in [0.717, 1.165) is 25.0 Å². The topological polar surface area (TPSA) is 58.2 Å². The van der Waals surface area contributed by atoms with Gasteiger partial charge in [0.25, 0.3) is 0 Å². The fourth-order valence-corrected chi connectivity index (χ4v) is 2.14. The zero-order valence-electron chi connectivity index (χ0n) is 12.1. The highest BCUT2D eigenvalue weighted by atomic mass is 19.2. The lowest BCUT2D eigenvalue weighted by Crippen LogP contribution is -2.28. The molecule has 0 radical (unpaired) electrons. The van der Waals surface area contributed by atoms with E-state index in [9.17, 15) is 22.8 Å². The minimum absolute atomic E-state index is 0.209. The molecule has 7 heteroatoms. The normalized spacial score (nSPS) is 19.6. The van der Waals surface area contributed by atoms with Gasteiger partial charge in [0.1, 0.15) is 0 Å². The van der Waals surface area contributed by atoms with Gasteiger partial charge in [-0.05, 0) is 25.0 Å². The maximum Gasteiger partial charge on any atom is 0.228 e. The van der Waals surface area contributed by atoms with Crippen LogP contribution in [-0.2, 0) is 9.59 Å². The van der Waals surface area contributed by atoms with Crippen LogP contribution in [0.4, 0.5) is 18.9 Å². The minimum Gasteiger partial charge on any atom is -0.356 e. The molecule has 2 rings (SSSR count). The summed E-state index contributed by atoms with van der Waals surface area (Å²) in [5.74, 6) is -6.19. The summed E-state index contributed by atoms with van der Waals surface area (Å²) in [7, 11) is 0. The Hall–Kier alpha value is -2.05. The summed E-state index contributed by atoms with van der Waals surface area (Å²) >= 11 is 0. The molecule has 1 aromatic carbocycles. The lowest BCUT2D eigenvalue weighted by atomic mass is 10.2. The van der Waals surface area contributed by atoms with Crippen LogP contribution in [0.5, 0.6) is 0 Å². The van der Waals surface area contributed by atoms with Crippen molar-refractivity contribution in [3.05, 3.63) is 29.6 Å². The molecule has 4 nitrogen and oxygen atoms in total. The SMILES string of the molecule is CCCCNC(=O)C1CC1C(=O)Nc1ccc(F)c(F)c1F. The van der Waals surface area contributed by atoms with Gasteiger partial charge in [-0.3, -0.25) is 9.59 Å². The number of carbonyl (C=O) groups excluding carboxylic acids is 2. The number of benzene rings is 1. The fourth-order valence-electron chi connectivity index (χ4n) is 2.14. The van der Waals surface area contributed by atoms with E-state index < -0.39 is 40.9 Å². The van der Waals surface area contributed by atoms with Crippen molar-refractivity contribution in [2.45, 2.75) is 26.2 Å². The molecule has 0 heterocycles. The largest absolute Gasteiger partial charge is 0.356 e. The van der Waals surface area contributed by atoms with Crippen molar-refractivity contribution in [3.63, 3.8) is 0 Å². The van der Waals surface area contributed by atoms with Crippen molar-refractivity contribution in [2.24, 2.45) is 11.8 Å². The first kappa shape index (κ1) is 16.3. The third-order valence-electron chi connectivity index (χ3n) is 3.59. The van der Waals surface area contributed by atoms with Gasteiger partial charge in [-0.25, -0.2) is 13.2 Å². The van der Waals surface area contributed by atoms with Gasteiger partial charge in [0.2, 0.25) is 11.8 Å². The highest BCUT2D eigenvalue weighted by molar-refractivity contribution is 5.99. The molecule has 1 aliphatic carbocycles. The molecule has 2 amide bonds. The predicted molar refractivity (Wildman–Crippen MR) is 74.5 cm³/mol. The zero-order chi connectivity index (χ0) is 16.3. The van der Waals surface area contributed by atoms with Crippen molar-refractivity contribution in [1.82, 2.24) is 5.32 Å². The Balaban J connectivity index is 1.90. The standard InChI is InChI=1S/C15H17F3N2O2/c1-2-3-6-19-14(21)8-7-9(8)15(22)20-11-5-4-10(16)12(17)13(11)18/h4-5,8-9H,2-3,6-7H2,1H3,(H,19,21)(H,20,22). The second-order valence-corrected chi connectivity index (χ2v) is 5.31. The molecule has 1 fully saturated rings. The highest BCUT2D eigenvalue weighted by Gasteiger charge is 2.48. The molecule has 1 aromatic rings. The third kappa shape index (κ3) is 3.58. The van der Waals surface area contributed by atoms with Crippen molar-refractivity contribution in [1.29, 1.82) is 0 Å². The Morgan fingerprint density at radius 3 is 2.50 bits per heavy atom. The van der Waals surface area contributed by atoms with Gasteiger partial charge in [-0.1, -0.05) is 13.3 Å². The van der Waals surface area contributed by atoms with Crippen molar-refractivity contribution in [3.8, 4) is 0 Å². The molecule has 0 spiro atoms. The highest BCUT2D eigenvalue weighted by Crippen LogP contribution is 2.39. The first-order valence-corrected chi connectivity index (χ1v) is 7.17. The maximum atomic E-state index is 13.5. The van der Waals surface area contributed by atoms with E-state index >= 15 is 0 Å². The van der Waals surface area contributed by atoms with Crippen molar-refractivity contribution < 1.29 is 22.8 Å². The van der Waals surface area contributed by atoms with Gasteiger partial charge in [0.05, 0.1) is 17.5 Å². The number of hydrogen-bond donors (Lipinski definition) is 2. The van der Waals surface area contributed by atoms with Gasteiger partial charge >= 0.3 is 0 Å². The first-order valence-electron chi connectivity index (χ1n) is 7.17. The summed E-state index contributed by atoms with van der Waals surface area (Å²) in [4.78, 5) is 23.6. The van der Waals surface area contributed by atoms with Gasteiger partial charge in [-0.15, -0.1) is 0 Å². The molecule has 0 aliphatic heterocycles. The Labute approximate surface area is 126 Å². The first-order chi connectivity index (χ1) is 10.5. The molecule has 2 atom stereocenters. The van der Waals surface area contributed by atoms with Gasteiger partial charge in [0, 0.05) is 6.54 Å². The fraction of sp³-hybridized carbons (Fsp3) is 0.467. The van der Waals surface area contributed by atoms with E-state index in [0.29, 0.717) is 13.0 Å². The number of amides is 2. The molecule has 22 heavy (non-hydrogen) atoms. The summed E-state index contributed by atoms with van der Waals surface area (Å²) in [5.41, 5.74) is -0.430. The number of nitrogens with one attached hydrogen (secondary N) is 2. The van der Waals surface area contributed by atoms with Crippen LogP contribution in [0.1, 0.15) is 26.2 Å². The molecule has 0 aromatic heterocycles. The Morgan fingerprint density at radius 2 is 1.82 bits per heavy atom. The smallest absolute Gasteiger partial charge is 0.228 e. The Morgan fingerprint density at radius 1 is 1.14 bits per heavy atom. The summed E-state index contributed by atoms with van der Waals surface area (Å²) in [6, 6.07) is 1.68. The van der Waals surface area contributed by atoms with Crippen LogP contribution in [-0.4, -0.2) is 18.4 Å². The number of carbonyl (C=O) groups is 2. The molecule has 2 unspecified atom stereocenters.